The number of benzene rings is 1. The van der Waals surface area contributed by atoms with Crippen molar-refractivity contribution in [2.45, 2.75) is 38.6 Å². The smallest absolute Gasteiger partial charge is 0.224 e. The Morgan fingerprint density at radius 2 is 2.10 bits per heavy atom. The number of carbonyl (C=O) groups is 1. The Morgan fingerprint density at radius 1 is 1.33 bits per heavy atom. The van der Waals surface area contributed by atoms with Crippen molar-refractivity contribution in [2.24, 2.45) is 5.92 Å². The predicted octanol–water partition coefficient (Wildman–Crippen LogP) is 2.38. The summed E-state index contributed by atoms with van der Waals surface area (Å²) in [6.45, 7) is 3.87. The summed E-state index contributed by atoms with van der Waals surface area (Å²) in [5.74, 6) is 0.680. The Bertz CT molecular complexity index is 539. The fourth-order valence-electron chi connectivity index (χ4n) is 3.15. The first kappa shape index (κ1) is 14.2. The second-order valence-corrected chi connectivity index (χ2v) is 6.03. The highest BCUT2D eigenvalue weighted by atomic mass is 16.5. The van der Waals surface area contributed by atoms with E-state index in [2.05, 4.69) is 17.6 Å². The van der Waals surface area contributed by atoms with Gasteiger partial charge in [-0.15, -0.1) is 0 Å². The third kappa shape index (κ3) is 3.13. The molecule has 2 aliphatic heterocycles. The molecule has 3 rings (SSSR count). The van der Waals surface area contributed by atoms with Gasteiger partial charge in [-0.2, -0.15) is 0 Å². The van der Waals surface area contributed by atoms with Crippen molar-refractivity contribution < 1.29 is 9.53 Å². The molecule has 1 aromatic carbocycles. The summed E-state index contributed by atoms with van der Waals surface area (Å²) in [7, 11) is 0. The van der Waals surface area contributed by atoms with Crippen molar-refractivity contribution in [3.63, 3.8) is 0 Å². The molecule has 0 aromatic heterocycles. The maximum atomic E-state index is 11.5. The van der Waals surface area contributed by atoms with Gasteiger partial charge >= 0.3 is 0 Å². The molecule has 0 spiro atoms. The number of fused-ring (bicyclic) bond motifs is 1. The van der Waals surface area contributed by atoms with Crippen molar-refractivity contribution in [1.82, 2.24) is 0 Å². The summed E-state index contributed by atoms with van der Waals surface area (Å²) in [6.07, 6.45) is 3.46. The van der Waals surface area contributed by atoms with E-state index in [1.165, 1.54) is 0 Å². The molecule has 1 unspecified atom stereocenters. The molecule has 1 aromatic rings. The highest BCUT2D eigenvalue weighted by molar-refractivity contribution is 5.95. The normalized spacial score (nSPS) is 20.5. The number of hydrogen-bond donors (Lipinski definition) is 3. The first-order valence-electron chi connectivity index (χ1n) is 7.70. The van der Waals surface area contributed by atoms with Gasteiger partial charge in [-0.1, -0.05) is 0 Å². The second kappa shape index (κ2) is 5.93. The number of nitrogen functional groups attached to an aromatic ring is 1. The van der Waals surface area contributed by atoms with E-state index < -0.39 is 0 Å². The van der Waals surface area contributed by atoms with E-state index in [1.807, 2.05) is 12.1 Å². The van der Waals surface area contributed by atoms with Crippen LogP contribution >= 0.6 is 0 Å². The third-order valence-electron chi connectivity index (χ3n) is 4.53. The number of hydrogen-bond acceptors (Lipinski definition) is 4. The third-order valence-corrected chi connectivity index (χ3v) is 4.53. The number of amides is 1. The molecule has 4 N–H and O–H groups in total. The van der Waals surface area contributed by atoms with Crippen LogP contribution in [0.25, 0.3) is 0 Å². The molecule has 0 aliphatic carbocycles. The molecule has 1 amide bonds. The van der Waals surface area contributed by atoms with Crippen molar-refractivity contribution in [3.05, 3.63) is 17.7 Å². The van der Waals surface area contributed by atoms with Crippen molar-refractivity contribution in [1.29, 1.82) is 0 Å². The molecule has 2 aliphatic rings. The van der Waals surface area contributed by atoms with Gasteiger partial charge in [0.2, 0.25) is 5.91 Å². The van der Waals surface area contributed by atoms with Crippen LogP contribution in [0.2, 0.25) is 0 Å². The molecule has 0 saturated carbocycles. The van der Waals surface area contributed by atoms with Gasteiger partial charge in [-0.3, -0.25) is 4.79 Å². The standard InChI is InChI=1S/C16H23N3O2/c1-10(11-4-6-21-7-5-11)18-15-9-14-12(8-13(15)17)2-3-16(20)19-14/h8-11,18H,2-7,17H2,1H3,(H,19,20). The lowest BCUT2D eigenvalue weighted by Crippen LogP contribution is -2.31. The number of aryl methyl sites for hydroxylation is 1. The largest absolute Gasteiger partial charge is 0.397 e. The Kier molecular flexibility index (Phi) is 4.01. The summed E-state index contributed by atoms with van der Waals surface area (Å²) in [5.41, 5.74) is 9.84. The van der Waals surface area contributed by atoms with Crippen LogP contribution < -0.4 is 16.4 Å². The molecule has 0 bridgehead atoms. The molecule has 5 nitrogen and oxygen atoms in total. The summed E-state index contributed by atoms with van der Waals surface area (Å²) < 4.78 is 5.41. The van der Waals surface area contributed by atoms with Gasteiger partial charge in [-0.25, -0.2) is 0 Å². The van der Waals surface area contributed by atoms with Crippen molar-refractivity contribution in [3.8, 4) is 0 Å². The fraction of sp³-hybridized carbons (Fsp3) is 0.562. The van der Waals surface area contributed by atoms with Crippen LogP contribution in [0.4, 0.5) is 17.1 Å². The highest BCUT2D eigenvalue weighted by Crippen LogP contribution is 2.32. The van der Waals surface area contributed by atoms with Crippen LogP contribution in [0.1, 0.15) is 31.7 Å². The molecule has 2 heterocycles. The minimum Gasteiger partial charge on any atom is -0.397 e. The Balaban J connectivity index is 1.75. The van der Waals surface area contributed by atoms with E-state index in [0.29, 0.717) is 18.4 Å². The lowest BCUT2D eigenvalue weighted by atomic mass is 9.92. The maximum absolute atomic E-state index is 11.5. The number of rotatable bonds is 3. The predicted molar refractivity (Wildman–Crippen MR) is 84.4 cm³/mol. The number of carbonyl (C=O) groups excluding carboxylic acids is 1. The molecule has 5 heteroatoms. The number of anilines is 3. The number of ether oxygens (including phenoxy) is 1. The van der Waals surface area contributed by atoms with Gasteiger partial charge < -0.3 is 21.1 Å². The van der Waals surface area contributed by atoms with Gasteiger partial charge in [0.25, 0.3) is 0 Å². The highest BCUT2D eigenvalue weighted by Gasteiger charge is 2.22. The molecule has 0 radical (unpaired) electrons. The lowest BCUT2D eigenvalue weighted by Gasteiger charge is -2.30. The van der Waals surface area contributed by atoms with Crippen molar-refractivity contribution >= 4 is 23.0 Å². The number of nitrogens with two attached hydrogens (primary N) is 1. The molecule has 21 heavy (non-hydrogen) atoms. The van der Waals surface area contributed by atoms with E-state index in [9.17, 15) is 4.79 Å². The number of nitrogens with one attached hydrogen (secondary N) is 2. The minimum absolute atomic E-state index is 0.0794. The van der Waals surface area contributed by atoms with E-state index in [4.69, 9.17) is 10.5 Å². The van der Waals surface area contributed by atoms with Gasteiger partial charge in [-0.05, 0) is 49.8 Å². The molecule has 1 atom stereocenters. The van der Waals surface area contributed by atoms with E-state index in [-0.39, 0.29) is 5.91 Å². The minimum atomic E-state index is 0.0794. The molecule has 114 valence electrons. The second-order valence-electron chi connectivity index (χ2n) is 6.03. The lowest BCUT2D eigenvalue weighted by molar-refractivity contribution is -0.116. The molecular weight excluding hydrogens is 266 g/mol. The van der Waals surface area contributed by atoms with Gasteiger partial charge in [0.1, 0.15) is 0 Å². The van der Waals surface area contributed by atoms with Crippen LogP contribution in [0.15, 0.2) is 12.1 Å². The Morgan fingerprint density at radius 3 is 2.86 bits per heavy atom. The van der Waals surface area contributed by atoms with E-state index in [0.717, 1.165) is 55.1 Å². The molecular formula is C16H23N3O2. The van der Waals surface area contributed by atoms with Crippen LogP contribution in [-0.2, 0) is 16.0 Å². The zero-order chi connectivity index (χ0) is 14.8. The van der Waals surface area contributed by atoms with Crippen LogP contribution in [0, 0.1) is 5.92 Å². The van der Waals surface area contributed by atoms with Gasteiger partial charge in [0.05, 0.1) is 11.4 Å². The van der Waals surface area contributed by atoms with E-state index in [1.54, 1.807) is 0 Å². The summed E-state index contributed by atoms with van der Waals surface area (Å²) in [4.78, 5) is 11.5. The van der Waals surface area contributed by atoms with Gasteiger partial charge in [0, 0.05) is 31.4 Å². The summed E-state index contributed by atoms with van der Waals surface area (Å²) in [6, 6.07) is 4.29. The van der Waals surface area contributed by atoms with E-state index >= 15 is 0 Å². The fourth-order valence-corrected chi connectivity index (χ4v) is 3.15. The quantitative estimate of drug-likeness (QED) is 0.747. The topological polar surface area (TPSA) is 76.4 Å². The van der Waals surface area contributed by atoms with Crippen molar-refractivity contribution in [2.75, 3.05) is 29.6 Å². The Labute approximate surface area is 125 Å². The Hall–Kier alpha value is -1.75. The summed E-state index contributed by atoms with van der Waals surface area (Å²) >= 11 is 0. The SMILES string of the molecule is CC(Nc1cc2c(cc1N)CCC(=O)N2)C1CCOCC1. The van der Waals surface area contributed by atoms with Crippen LogP contribution in [-0.4, -0.2) is 25.2 Å². The first-order valence-corrected chi connectivity index (χ1v) is 7.70. The molecule has 1 fully saturated rings. The van der Waals surface area contributed by atoms with Gasteiger partial charge in [0.15, 0.2) is 0 Å². The van der Waals surface area contributed by atoms with Crippen LogP contribution in [0.3, 0.4) is 0 Å². The summed E-state index contributed by atoms with van der Waals surface area (Å²) in [5, 5.41) is 6.44. The maximum Gasteiger partial charge on any atom is 0.224 e. The zero-order valence-corrected chi connectivity index (χ0v) is 12.4. The monoisotopic (exact) mass is 289 g/mol. The zero-order valence-electron chi connectivity index (χ0n) is 12.4. The molecule has 1 saturated heterocycles. The average molecular weight is 289 g/mol. The first-order chi connectivity index (χ1) is 10.1. The average Bonchev–Trinajstić information content (AvgIpc) is 2.49. The van der Waals surface area contributed by atoms with Crippen LogP contribution in [0.5, 0.6) is 0 Å².